The second-order valence-electron chi connectivity index (χ2n) is 5.97. The number of hydrogen-bond acceptors (Lipinski definition) is 5. The second-order valence-corrected chi connectivity index (χ2v) is 5.97. The highest BCUT2D eigenvalue weighted by Crippen LogP contribution is 2.23. The van der Waals surface area contributed by atoms with Crippen molar-refractivity contribution in [2.24, 2.45) is 0 Å². The van der Waals surface area contributed by atoms with Gasteiger partial charge in [-0.1, -0.05) is 0 Å². The van der Waals surface area contributed by atoms with E-state index in [4.69, 9.17) is 14.2 Å². The van der Waals surface area contributed by atoms with Crippen molar-refractivity contribution in [1.29, 1.82) is 0 Å². The number of methoxy groups -OCH3 is 3. The average molecular weight is 350 g/mol. The molecule has 1 aliphatic heterocycles. The van der Waals surface area contributed by atoms with Gasteiger partial charge in [0, 0.05) is 37.9 Å². The number of rotatable bonds is 7. The summed E-state index contributed by atoms with van der Waals surface area (Å²) < 4.78 is 15.3. The lowest BCUT2D eigenvalue weighted by Gasteiger charge is -2.32. The van der Waals surface area contributed by atoms with Crippen LogP contribution in [0, 0.1) is 0 Å². The largest absolute Gasteiger partial charge is 0.497 e. The van der Waals surface area contributed by atoms with Gasteiger partial charge >= 0.3 is 0 Å². The third-order valence-electron chi connectivity index (χ3n) is 4.32. The summed E-state index contributed by atoms with van der Waals surface area (Å²) in [6.07, 6.45) is 1.88. The minimum absolute atomic E-state index is 0.0520. The molecule has 0 bridgehead atoms. The second kappa shape index (κ2) is 9.27. The molecule has 138 valence electrons. The third kappa shape index (κ3) is 5.35. The van der Waals surface area contributed by atoms with E-state index in [0.717, 1.165) is 12.8 Å². The molecule has 1 saturated heterocycles. The van der Waals surface area contributed by atoms with E-state index in [2.05, 4.69) is 5.32 Å². The normalized spacial score (nSPS) is 14.9. The highest BCUT2D eigenvalue weighted by molar-refractivity contribution is 5.95. The Kier molecular flexibility index (Phi) is 7.06. The van der Waals surface area contributed by atoms with Crippen LogP contribution >= 0.6 is 0 Å². The Morgan fingerprint density at radius 2 is 1.68 bits per heavy atom. The summed E-state index contributed by atoms with van der Waals surface area (Å²) in [5, 5.41) is 3.03. The molecular weight excluding hydrogens is 324 g/mol. The van der Waals surface area contributed by atoms with Gasteiger partial charge in [0.15, 0.2) is 0 Å². The predicted octanol–water partition coefficient (Wildman–Crippen LogP) is 1.46. The fourth-order valence-corrected chi connectivity index (χ4v) is 2.83. The maximum atomic E-state index is 12.5. The zero-order valence-electron chi connectivity index (χ0n) is 15.0. The van der Waals surface area contributed by atoms with Crippen LogP contribution in [0.3, 0.4) is 0 Å². The van der Waals surface area contributed by atoms with Crippen LogP contribution in [0.15, 0.2) is 18.2 Å². The topological polar surface area (TPSA) is 77.1 Å². The van der Waals surface area contributed by atoms with Gasteiger partial charge in [-0.25, -0.2) is 0 Å². The maximum Gasteiger partial charge on any atom is 0.251 e. The van der Waals surface area contributed by atoms with Gasteiger partial charge in [-0.2, -0.15) is 0 Å². The summed E-state index contributed by atoms with van der Waals surface area (Å²) in [6.45, 7) is 1.73. The molecule has 0 radical (unpaired) electrons. The number of carbonyl (C=O) groups is 2. The molecule has 0 saturated carbocycles. The van der Waals surface area contributed by atoms with Gasteiger partial charge in [-0.3, -0.25) is 9.59 Å². The molecule has 1 heterocycles. The van der Waals surface area contributed by atoms with Crippen LogP contribution in [-0.2, 0) is 9.53 Å². The number of likely N-dealkylation sites (tertiary alicyclic amines) is 1. The summed E-state index contributed by atoms with van der Waals surface area (Å²) in [4.78, 5) is 26.3. The summed E-state index contributed by atoms with van der Waals surface area (Å²) in [7, 11) is 4.68. The Hall–Kier alpha value is -2.28. The minimum atomic E-state index is -0.165. The molecule has 1 aromatic carbocycles. The molecule has 1 aliphatic rings. The van der Waals surface area contributed by atoms with Crippen molar-refractivity contribution in [3.63, 3.8) is 0 Å². The predicted molar refractivity (Wildman–Crippen MR) is 93.1 cm³/mol. The molecule has 0 spiro atoms. The monoisotopic (exact) mass is 350 g/mol. The number of nitrogens with one attached hydrogen (secondary N) is 1. The van der Waals surface area contributed by atoms with E-state index < -0.39 is 0 Å². The van der Waals surface area contributed by atoms with E-state index in [1.54, 1.807) is 39.5 Å². The van der Waals surface area contributed by atoms with E-state index in [1.807, 2.05) is 4.90 Å². The smallest absolute Gasteiger partial charge is 0.251 e. The quantitative estimate of drug-likeness (QED) is 0.806. The number of carbonyl (C=O) groups excluding carboxylic acids is 2. The highest BCUT2D eigenvalue weighted by atomic mass is 16.5. The Morgan fingerprint density at radius 3 is 2.20 bits per heavy atom. The first-order valence-electron chi connectivity index (χ1n) is 8.38. The van der Waals surface area contributed by atoms with E-state index >= 15 is 0 Å². The lowest BCUT2D eigenvalue weighted by molar-refractivity contribution is -0.133. The Balaban J connectivity index is 1.89. The fourth-order valence-electron chi connectivity index (χ4n) is 2.83. The molecule has 7 nitrogen and oxygen atoms in total. The Morgan fingerprint density at radius 1 is 1.08 bits per heavy atom. The number of ether oxygens (including phenoxy) is 3. The van der Waals surface area contributed by atoms with Crippen molar-refractivity contribution in [3.8, 4) is 11.5 Å². The number of amides is 2. The molecule has 0 atom stereocenters. The van der Waals surface area contributed by atoms with Crippen LogP contribution in [0.25, 0.3) is 0 Å². The van der Waals surface area contributed by atoms with Crippen molar-refractivity contribution >= 4 is 11.8 Å². The SMILES string of the molecule is COCCC(=O)N1CCC(NC(=O)c2cc(OC)cc(OC)c2)CC1. The number of piperidine rings is 1. The zero-order chi connectivity index (χ0) is 18.2. The Labute approximate surface area is 148 Å². The first-order valence-corrected chi connectivity index (χ1v) is 8.38. The van der Waals surface area contributed by atoms with Crippen LogP contribution in [-0.4, -0.2) is 63.8 Å². The van der Waals surface area contributed by atoms with Crippen molar-refractivity contribution in [3.05, 3.63) is 23.8 Å². The molecule has 7 heteroatoms. The molecule has 0 aromatic heterocycles. The van der Waals surface area contributed by atoms with Gasteiger partial charge in [0.2, 0.25) is 5.91 Å². The first kappa shape index (κ1) is 19.1. The molecule has 1 N–H and O–H groups in total. The van der Waals surface area contributed by atoms with Gasteiger partial charge < -0.3 is 24.4 Å². The number of benzene rings is 1. The molecular formula is C18H26N2O5. The van der Waals surface area contributed by atoms with E-state index in [-0.39, 0.29) is 17.9 Å². The van der Waals surface area contributed by atoms with Crippen LogP contribution in [0.1, 0.15) is 29.6 Å². The van der Waals surface area contributed by atoms with Crippen molar-refractivity contribution < 1.29 is 23.8 Å². The molecule has 25 heavy (non-hydrogen) atoms. The number of hydrogen-bond donors (Lipinski definition) is 1. The van der Waals surface area contributed by atoms with Crippen molar-refractivity contribution in [1.82, 2.24) is 10.2 Å². The molecule has 1 aromatic rings. The fraction of sp³-hybridized carbons (Fsp3) is 0.556. The first-order chi connectivity index (χ1) is 12.1. The molecule has 2 rings (SSSR count). The Bertz CT molecular complexity index is 575. The van der Waals surface area contributed by atoms with E-state index in [0.29, 0.717) is 43.2 Å². The lowest BCUT2D eigenvalue weighted by atomic mass is 10.0. The highest BCUT2D eigenvalue weighted by Gasteiger charge is 2.24. The summed E-state index contributed by atoms with van der Waals surface area (Å²) in [5.74, 6) is 1.08. The van der Waals surface area contributed by atoms with Crippen LogP contribution in [0.2, 0.25) is 0 Å². The van der Waals surface area contributed by atoms with Crippen molar-refractivity contribution in [2.75, 3.05) is 41.0 Å². The summed E-state index contributed by atoms with van der Waals surface area (Å²) >= 11 is 0. The molecule has 0 aliphatic carbocycles. The summed E-state index contributed by atoms with van der Waals surface area (Å²) in [6, 6.07) is 5.14. The van der Waals surface area contributed by atoms with Gasteiger partial charge in [-0.15, -0.1) is 0 Å². The van der Waals surface area contributed by atoms with Gasteiger partial charge in [0.25, 0.3) is 5.91 Å². The van der Waals surface area contributed by atoms with Gasteiger partial charge in [0.1, 0.15) is 11.5 Å². The van der Waals surface area contributed by atoms with E-state index in [9.17, 15) is 9.59 Å². The molecule has 1 fully saturated rings. The maximum absolute atomic E-state index is 12.5. The van der Waals surface area contributed by atoms with Gasteiger partial charge in [-0.05, 0) is 25.0 Å². The van der Waals surface area contributed by atoms with Gasteiger partial charge in [0.05, 0.1) is 27.2 Å². The average Bonchev–Trinajstić information content (AvgIpc) is 2.66. The summed E-state index contributed by atoms with van der Waals surface area (Å²) in [5.41, 5.74) is 0.495. The zero-order valence-corrected chi connectivity index (χ0v) is 15.0. The number of nitrogens with zero attached hydrogens (tertiary/aromatic N) is 1. The van der Waals surface area contributed by atoms with Crippen LogP contribution in [0.4, 0.5) is 0 Å². The molecule has 2 amide bonds. The standard InChI is InChI=1S/C18H26N2O5/c1-23-9-6-17(21)20-7-4-14(5-8-20)19-18(22)13-10-15(24-2)12-16(11-13)25-3/h10-12,14H,4-9H2,1-3H3,(H,19,22). The lowest BCUT2D eigenvalue weighted by Crippen LogP contribution is -2.46. The van der Waals surface area contributed by atoms with Crippen molar-refractivity contribution in [2.45, 2.75) is 25.3 Å². The van der Waals surface area contributed by atoms with Crippen LogP contribution < -0.4 is 14.8 Å². The molecule has 0 unspecified atom stereocenters. The third-order valence-corrected chi connectivity index (χ3v) is 4.32. The minimum Gasteiger partial charge on any atom is -0.497 e. The van der Waals surface area contributed by atoms with Crippen LogP contribution in [0.5, 0.6) is 11.5 Å². The van der Waals surface area contributed by atoms with E-state index in [1.165, 1.54) is 0 Å².